The van der Waals surface area contributed by atoms with Gasteiger partial charge in [-0.2, -0.15) is 10.1 Å². The molecule has 0 bridgehead atoms. The maximum Gasteiger partial charge on any atom is 0.337 e. The number of esters is 1. The molecule has 4 rings (SSSR count). The molecule has 1 aromatic carbocycles. The number of hydrogen-bond donors (Lipinski definition) is 1. The maximum atomic E-state index is 11.7. The predicted octanol–water partition coefficient (Wildman–Crippen LogP) is 3.34. The van der Waals surface area contributed by atoms with Gasteiger partial charge in [-0.15, -0.1) is 0 Å². The van der Waals surface area contributed by atoms with Gasteiger partial charge in [-0.25, -0.2) is 14.3 Å². The topological polar surface area (TPSA) is 99.9 Å². The van der Waals surface area contributed by atoms with Crippen LogP contribution in [-0.2, 0) is 4.74 Å². The van der Waals surface area contributed by atoms with Crippen LogP contribution in [0.2, 0.25) is 0 Å². The van der Waals surface area contributed by atoms with E-state index in [0.29, 0.717) is 34.3 Å². The molecule has 0 aliphatic carbocycles. The van der Waals surface area contributed by atoms with E-state index in [1.54, 1.807) is 35.9 Å². The van der Waals surface area contributed by atoms with Gasteiger partial charge in [0, 0.05) is 11.8 Å². The molecule has 9 heteroatoms. The summed E-state index contributed by atoms with van der Waals surface area (Å²) < 4.78 is 16.9. The summed E-state index contributed by atoms with van der Waals surface area (Å²) in [7, 11) is 4.44. The first-order valence-corrected chi connectivity index (χ1v) is 9.01. The third-order valence-electron chi connectivity index (χ3n) is 4.52. The van der Waals surface area contributed by atoms with Gasteiger partial charge < -0.3 is 19.5 Å². The summed E-state index contributed by atoms with van der Waals surface area (Å²) in [5, 5.41) is 7.52. The van der Waals surface area contributed by atoms with Gasteiger partial charge in [0.1, 0.15) is 12.1 Å². The molecule has 0 fully saturated rings. The smallest absolute Gasteiger partial charge is 0.337 e. The van der Waals surface area contributed by atoms with E-state index >= 15 is 0 Å². The number of carbonyl (C=O) groups is 1. The maximum absolute atomic E-state index is 11.7. The Balaban J connectivity index is 1.72. The number of rotatable bonds is 6. The highest BCUT2D eigenvalue weighted by atomic mass is 16.5. The van der Waals surface area contributed by atoms with Crippen LogP contribution in [0.4, 0.5) is 11.5 Å². The van der Waals surface area contributed by atoms with Crippen molar-refractivity contribution in [2.45, 2.75) is 0 Å². The average Bonchev–Trinajstić information content (AvgIpc) is 3.27. The molecule has 0 unspecified atom stereocenters. The van der Waals surface area contributed by atoms with E-state index in [1.165, 1.54) is 20.5 Å². The van der Waals surface area contributed by atoms with Crippen LogP contribution < -0.4 is 14.8 Å². The zero-order valence-corrected chi connectivity index (χ0v) is 16.6. The zero-order chi connectivity index (χ0) is 21.1. The molecule has 0 amide bonds. The van der Waals surface area contributed by atoms with Crippen LogP contribution in [0.5, 0.6) is 11.6 Å². The SMILES string of the molecule is COC(=O)c1ccc(-c2cc(Nc3ccc(OC)c(OC)n3)c3ncnn3c2)cc1. The van der Waals surface area contributed by atoms with Crippen LogP contribution in [0.3, 0.4) is 0 Å². The molecule has 3 heterocycles. The Labute approximate surface area is 172 Å². The fraction of sp³-hybridized carbons (Fsp3) is 0.143. The standard InChI is InChI=1S/C21H19N5O4/c1-28-17-8-9-18(25-20(17)29-2)24-16-10-15(11-26-19(16)22-12-23-26)13-4-6-14(7-5-13)21(27)30-3/h4-12H,1-3H3,(H,24,25). The van der Waals surface area contributed by atoms with Gasteiger partial charge in [0.25, 0.3) is 5.88 Å². The number of hydrogen-bond acceptors (Lipinski definition) is 8. The number of nitrogens with zero attached hydrogens (tertiary/aromatic N) is 4. The molecular weight excluding hydrogens is 386 g/mol. The Morgan fingerprint density at radius 1 is 1.00 bits per heavy atom. The van der Waals surface area contributed by atoms with Crippen LogP contribution >= 0.6 is 0 Å². The molecule has 152 valence electrons. The van der Waals surface area contributed by atoms with E-state index in [2.05, 4.69) is 20.4 Å². The lowest BCUT2D eigenvalue weighted by molar-refractivity contribution is 0.0601. The van der Waals surface area contributed by atoms with Crippen LogP contribution in [0.25, 0.3) is 16.8 Å². The largest absolute Gasteiger partial charge is 0.491 e. The van der Waals surface area contributed by atoms with Gasteiger partial charge in [0.2, 0.25) is 0 Å². The number of carbonyl (C=O) groups excluding carboxylic acids is 1. The molecule has 0 saturated carbocycles. The van der Waals surface area contributed by atoms with Crippen molar-refractivity contribution in [1.82, 2.24) is 19.6 Å². The van der Waals surface area contributed by atoms with E-state index in [9.17, 15) is 4.79 Å². The number of fused-ring (bicyclic) bond motifs is 1. The first-order chi connectivity index (χ1) is 14.6. The monoisotopic (exact) mass is 405 g/mol. The van der Waals surface area contributed by atoms with Crippen molar-refractivity contribution in [3.63, 3.8) is 0 Å². The second-order valence-corrected chi connectivity index (χ2v) is 6.27. The summed E-state index contributed by atoms with van der Waals surface area (Å²) in [4.78, 5) is 20.4. The number of nitrogens with one attached hydrogen (secondary N) is 1. The number of anilines is 2. The third-order valence-corrected chi connectivity index (χ3v) is 4.52. The van der Waals surface area contributed by atoms with Gasteiger partial charge in [-0.1, -0.05) is 12.1 Å². The minimum atomic E-state index is -0.379. The van der Waals surface area contributed by atoms with Crippen LogP contribution in [-0.4, -0.2) is 46.9 Å². The molecular formula is C21H19N5O4. The fourth-order valence-corrected chi connectivity index (χ4v) is 3.03. The summed E-state index contributed by atoms with van der Waals surface area (Å²) in [6, 6.07) is 12.6. The molecule has 0 saturated heterocycles. The summed E-state index contributed by atoms with van der Waals surface area (Å²) in [6.45, 7) is 0. The Kier molecular flexibility index (Phi) is 5.17. The number of pyridine rings is 2. The van der Waals surface area contributed by atoms with Crippen molar-refractivity contribution in [2.24, 2.45) is 0 Å². The summed E-state index contributed by atoms with van der Waals surface area (Å²) >= 11 is 0. The number of benzene rings is 1. The Morgan fingerprint density at radius 3 is 2.50 bits per heavy atom. The molecule has 0 aliphatic rings. The van der Waals surface area contributed by atoms with Gasteiger partial charge in [-0.3, -0.25) is 0 Å². The van der Waals surface area contributed by atoms with Crippen LogP contribution in [0, 0.1) is 0 Å². The Morgan fingerprint density at radius 2 is 1.80 bits per heavy atom. The summed E-state index contributed by atoms with van der Waals surface area (Å²) in [6.07, 6.45) is 3.34. The number of aromatic nitrogens is 4. The van der Waals surface area contributed by atoms with Crippen molar-refractivity contribution in [2.75, 3.05) is 26.6 Å². The normalized spacial score (nSPS) is 10.6. The second-order valence-electron chi connectivity index (χ2n) is 6.27. The predicted molar refractivity (Wildman–Crippen MR) is 110 cm³/mol. The van der Waals surface area contributed by atoms with Gasteiger partial charge in [0.05, 0.1) is 32.6 Å². The van der Waals surface area contributed by atoms with E-state index in [1.807, 2.05) is 24.4 Å². The van der Waals surface area contributed by atoms with Crippen molar-refractivity contribution in [3.8, 4) is 22.8 Å². The minimum absolute atomic E-state index is 0.370. The second kappa shape index (κ2) is 8.08. The van der Waals surface area contributed by atoms with Gasteiger partial charge in [0.15, 0.2) is 11.4 Å². The van der Waals surface area contributed by atoms with E-state index < -0.39 is 0 Å². The van der Waals surface area contributed by atoms with E-state index in [-0.39, 0.29) is 5.97 Å². The molecule has 1 N–H and O–H groups in total. The van der Waals surface area contributed by atoms with Crippen molar-refractivity contribution >= 4 is 23.1 Å². The molecule has 4 aromatic rings. The highest BCUT2D eigenvalue weighted by Gasteiger charge is 2.12. The highest BCUT2D eigenvalue weighted by Crippen LogP contribution is 2.30. The number of ether oxygens (including phenoxy) is 3. The molecule has 30 heavy (non-hydrogen) atoms. The van der Waals surface area contributed by atoms with E-state index in [0.717, 1.165) is 11.1 Å². The lowest BCUT2D eigenvalue weighted by Gasteiger charge is -2.12. The van der Waals surface area contributed by atoms with Crippen molar-refractivity contribution < 1.29 is 19.0 Å². The summed E-state index contributed by atoms with van der Waals surface area (Å²) in [5.41, 5.74) is 3.62. The molecule has 0 atom stereocenters. The third kappa shape index (κ3) is 3.60. The molecule has 0 spiro atoms. The first-order valence-electron chi connectivity index (χ1n) is 9.01. The van der Waals surface area contributed by atoms with Gasteiger partial charge in [-0.05, 0) is 35.9 Å². The Bertz CT molecular complexity index is 1200. The molecule has 3 aromatic heterocycles. The zero-order valence-electron chi connectivity index (χ0n) is 16.6. The van der Waals surface area contributed by atoms with Crippen molar-refractivity contribution in [1.29, 1.82) is 0 Å². The number of methoxy groups -OCH3 is 3. The quantitative estimate of drug-likeness (QED) is 0.488. The first kappa shape index (κ1) is 19.2. The van der Waals surface area contributed by atoms with Crippen molar-refractivity contribution in [3.05, 3.63) is 60.6 Å². The minimum Gasteiger partial charge on any atom is -0.491 e. The van der Waals surface area contributed by atoms with Crippen LogP contribution in [0.15, 0.2) is 55.0 Å². The lowest BCUT2D eigenvalue weighted by Crippen LogP contribution is -2.02. The van der Waals surface area contributed by atoms with Gasteiger partial charge >= 0.3 is 5.97 Å². The summed E-state index contributed by atoms with van der Waals surface area (Å²) in [5.74, 6) is 1.09. The molecule has 9 nitrogen and oxygen atoms in total. The average molecular weight is 405 g/mol. The van der Waals surface area contributed by atoms with Crippen LogP contribution in [0.1, 0.15) is 10.4 Å². The Hall–Kier alpha value is -4.14. The van der Waals surface area contributed by atoms with E-state index in [4.69, 9.17) is 14.2 Å². The lowest BCUT2D eigenvalue weighted by atomic mass is 10.1. The highest BCUT2D eigenvalue weighted by molar-refractivity contribution is 5.90. The fourth-order valence-electron chi connectivity index (χ4n) is 3.03. The molecule has 0 aliphatic heterocycles. The molecule has 0 radical (unpaired) electrons.